The second-order valence-electron chi connectivity index (χ2n) is 3.95. The van der Waals surface area contributed by atoms with Crippen LogP contribution in [0.1, 0.15) is 23.0 Å². The zero-order valence-corrected chi connectivity index (χ0v) is 11.7. The summed E-state index contributed by atoms with van der Waals surface area (Å²) >= 11 is 3.43. The molecule has 0 aliphatic carbocycles. The van der Waals surface area contributed by atoms with Crippen LogP contribution in [0.15, 0.2) is 41.0 Å². The number of halogens is 1. The van der Waals surface area contributed by atoms with E-state index in [0.29, 0.717) is 11.4 Å². The quantitative estimate of drug-likeness (QED) is 0.800. The maximum Gasteiger partial charge on any atom is 0.178 e. The Morgan fingerprint density at radius 3 is 2.50 bits per heavy atom. The minimum atomic E-state index is -0.0546. The van der Waals surface area contributed by atoms with Gasteiger partial charge in [-0.05, 0) is 42.8 Å². The van der Waals surface area contributed by atoms with Crippen molar-refractivity contribution in [2.75, 3.05) is 0 Å². The third kappa shape index (κ3) is 2.96. The lowest BCUT2D eigenvalue weighted by atomic mass is 10.2. The summed E-state index contributed by atoms with van der Waals surface area (Å²) in [6.07, 6.45) is 1.55. The molecule has 0 saturated heterocycles. The summed E-state index contributed by atoms with van der Waals surface area (Å²) in [5.41, 5.74) is 1.54. The second kappa shape index (κ2) is 5.31. The SMILES string of the molecule is CC(=O)c1ccc(Oc2ccc(Br)c(C)c2)cn1. The fraction of sp³-hybridized carbons (Fsp3) is 0.143. The number of ether oxygens (including phenoxy) is 1. The molecule has 1 aromatic heterocycles. The first-order chi connectivity index (χ1) is 8.56. The fourth-order valence-electron chi connectivity index (χ4n) is 1.47. The Balaban J connectivity index is 2.18. The Morgan fingerprint density at radius 2 is 1.94 bits per heavy atom. The molecule has 0 aliphatic heterocycles. The van der Waals surface area contributed by atoms with Crippen LogP contribution in [-0.2, 0) is 0 Å². The molecule has 0 radical (unpaired) electrons. The van der Waals surface area contributed by atoms with Crippen LogP contribution >= 0.6 is 15.9 Å². The molecule has 1 aromatic carbocycles. The van der Waals surface area contributed by atoms with Crippen LogP contribution in [0.2, 0.25) is 0 Å². The van der Waals surface area contributed by atoms with Gasteiger partial charge in [0.2, 0.25) is 0 Å². The van der Waals surface area contributed by atoms with E-state index in [0.717, 1.165) is 15.8 Å². The zero-order valence-electron chi connectivity index (χ0n) is 10.1. The monoisotopic (exact) mass is 305 g/mol. The van der Waals surface area contributed by atoms with Crippen LogP contribution in [0.5, 0.6) is 11.5 Å². The molecule has 0 aliphatic rings. The Hall–Kier alpha value is -1.68. The molecule has 2 rings (SSSR count). The molecular weight excluding hydrogens is 294 g/mol. The number of Topliss-reactive ketones (excluding diaryl/α,β-unsaturated/α-hetero) is 1. The minimum Gasteiger partial charge on any atom is -0.456 e. The Labute approximate surface area is 114 Å². The topological polar surface area (TPSA) is 39.2 Å². The van der Waals surface area contributed by atoms with Crippen LogP contribution in [0.25, 0.3) is 0 Å². The van der Waals surface area contributed by atoms with E-state index >= 15 is 0 Å². The van der Waals surface area contributed by atoms with Gasteiger partial charge in [-0.25, -0.2) is 4.98 Å². The minimum absolute atomic E-state index is 0.0546. The van der Waals surface area contributed by atoms with Crippen LogP contribution in [0.3, 0.4) is 0 Å². The number of nitrogens with zero attached hydrogens (tertiary/aromatic N) is 1. The molecule has 18 heavy (non-hydrogen) atoms. The summed E-state index contributed by atoms with van der Waals surface area (Å²) in [5.74, 6) is 1.30. The molecule has 1 heterocycles. The third-order valence-electron chi connectivity index (χ3n) is 2.46. The highest BCUT2D eigenvalue weighted by molar-refractivity contribution is 9.10. The van der Waals surface area contributed by atoms with Crippen molar-refractivity contribution in [2.45, 2.75) is 13.8 Å². The maximum atomic E-state index is 11.1. The van der Waals surface area contributed by atoms with E-state index in [9.17, 15) is 4.79 Å². The van der Waals surface area contributed by atoms with Gasteiger partial charge in [0.15, 0.2) is 5.78 Å². The highest BCUT2D eigenvalue weighted by atomic mass is 79.9. The number of rotatable bonds is 3. The van der Waals surface area contributed by atoms with E-state index in [2.05, 4.69) is 20.9 Å². The molecule has 4 heteroatoms. The predicted octanol–water partition coefficient (Wildman–Crippen LogP) is 4.15. The average molecular weight is 306 g/mol. The standard InChI is InChI=1S/C14H12BrNO2/c1-9-7-11(3-5-13(9)15)18-12-4-6-14(10(2)17)16-8-12/h3-8H,1-2H3. The van der Waals surface area contributed by atoms with E-state index < -0.39 is 0 Å². The van der Waals surface area contributed by atoms with E-state index in [1.165, 1.54) is 6.92 Å². The fourth-order valence-corrected chi connectivity index (χ4v) is 1.71. The van der Waals surface area contributed by atoms with Crippen molar-refractivity contribution >= 4 is 21.7 Å². The van der Waals surface area contributed by atoms with E-state index in [1.807, 2.05) is 25.1 Å². The van der Waals surface area contributed by atoms with Crippen molar-refractivity contribution < 1.29 is 9.53 Å². The predicted molar refractivity (Wildman–Crippen MR) is 73.2 cm³/mol. The second-order valence-corrected chi connectivity index (χ2v) is 4.80. The first kappa shape index (κ1) is 12.8. The number of hydrogen-bond acceptors (Lipinski definition) is 3. The van der Waals surface area contributed by atoms with Crippen molar-refractivity contribution in [1.29, 1.82) is 0 Å². The van der Waals surface area contributed by atoms with Crippen LogP contribution < -0.4 is 4.74 Å². The summed E-state index contributed by atoms with van der Waals surface area (Å²) in [6.45, 7) is 3.48. The van der Waals surface area contributed by atoms with Crippen molar-refractivity contribution in [1.82, 2.24) is 4.98 Å². The lowest BCUT2D eigenvalue weighted by Gasteiger charge is -2.07. The highest BCUT2D eigenvalue weighted by Gasteiger charge is 2.03. The maximum absolute atomic E-state index is 11.1. The van der Waals surface area contributed by atoms with E-state index in [1.54, 1.807) is 18.3 Å². The van der Waals surface area contributed by atoms with E-state index in [-0.39, 0.29) is 5.78 Å². The lowest BCUT2D eigenvalue weighted by molar-refractivity contribution is 0.101. The normalized spacial score (nSPS) is 10.2. The zero-order chi connectivity index (χ0) is 13.1. The highest BCUT2D eigenvalue weighted by Crippen LogP contribution is 2.25. The van der Waals surface area contributed by atoms with Crippen LogP contribution in [0, 0.1) is 6.92 Å². The first-order valence-corrected chi connectivity index (χ1v) is 6.26. The number of carbonyl (C=O) groups is 1. The van der Waals surface area contributed by atoms with Gasteiger partial charge in [-0.15, -0.1) is 0 Å². The van der Waals surface area contributed by atoms with Gasteiger partial charge >= 0.3 is 0 Å². The summed E-state index contributed by atoms with van der Waals surface area (Å²) in [6, 6.07) is 9.13. The molecule has 92 valence electrons. The van der Waals surface area contributed by atoms with E-state index in [4.69, 9.17) is 4.74 Å². The van der Waals surface area contributed by atoms with Crippen molar-refractivity contribution in [3.63, 3.8) is 0 Å². The molecule has 2 aromatic rings. The van der Waals surface area contributed by atoms with Crippen molar-refractivity contribution in [3.8, 4) is 11.5 Å². The number of benzene rings is 1. The number of ketones is 1. The smallest absolute Gasteiger partial charge is 0.178 e. The Morgan fingerprint density at radius 1 is 1.22 bits per heavy atom. The molecule has 0 N–H and O–H groups in total. The van der Waals surface area contributed by atoms with Crippen LogP contribution in [-0.4, -0.2) is 10.8 Å². The number of aryl methyl sites for hydroxylation is 1. The third-order valence-corrected chi connectivity index (χ3v) is 3.35. The number of hydrogen-bond donors (Lipinski definition) is 0. The van der Waals surface area contributed by atoms with Crippen molar-refractivity contribution in [2.24, 2.45) is 0 Å². The lowest BCUT2D eigenvalue weighted by Crippen LogP contribution is -1.96. The first-order valence-electron chi connectivity index (χ1n) is 5.47. The van der Waals surface area contributed by atoms with Gasteiger partial charge in [-0.2, -0.15) is 0 Å². The molecule has 0 fully saturated rings. The van der Waals surface area contributed by atoms with Gasteiger partial charge in [0.1, 0.15) is 17.2 Å². The summed E-state index contributed by atoms with van der Waals surface area (Å²) in [5, 5.41) is 0. The molecule has 0 amide bonds. The molecule has 0 atom stereocenters. The van der Waals surface area contributed by atoms with Gasteiger partial charge in [-0.3, -0.25) is 4.79 Å². The van der Waals surface area contributed by atoms with Gasteiger partial charge in [0.25, 0.3) is 0 Å². The summed E-state index contributed by atoms with van der Waals surface area (Å²) in [4.78, 5) is 15.1. The number of carbonyl (C=O) groups excluding carboxylic acids is 1. The van der Waals surface area contributed by atoms with Gasteiger partial charge in [0.05, 0.1) is 6.20 Å². The van der Waals surface area contributed by atoms with Crippen LogP contribution in [0.4, 0.5) is 0 Å². The molecule has 0 unspecified atom stereocenters. The summed E-state index contributed by atoms with van der Waals surface area (Å²) < 4.78 is 6.70. The van der Waals surface area contributed by atoms with Gasteiger partial charge < -0.3 is 4.74 Å². The molecule has 0 spiro atoms. The summed E-state index contributed by atoms with van der Waals surface area (Å²) in [7, 11) is 0. The van der Waals surface area contributed by atoms with Gasteiger partial charge in [0, 0.05) is 11.4 Å². The molecule has 0 saturated carbocycles. The molecular formula is C14H12BrNO2. The van der Waals surface area contributed by atoms with Crippen molar-refractivity contribution in [3.05, 3.63) is 52.3 Å². The largest absolute Gasteiger partial charge is 0.456 e. The molecule has 0 bridgehead atoms. The van der Waals surface area contributed by atoms with Gasteiger partial charge in [-0.1, -0.05) is 15.9 Å². The average Bonchev–Trinajstić information content (AvgIpc) is 2.34. The molecule has 3 nitrogen and oxygen atoms in total. The Bertz CT molecular complexity index is 579. The number of aromatic nitrogens is 1. The Kier molecular flexibility index (Phi) is 3.77. The number of pyridine rings is 1.